The van der Waals surface area contributed by atoms with Crippen molar-refractivity contribution >= 4 is 27.5 Å². The first-order chi connectivity index (χ1) is 6.41. The Morgan fingerprint density at radius 3 is 2.64 bits per heavy atom. The Kier molecular flexibility index (Phi) is 3.10. The number of amides is 1. The SMILES string of the molecule is O=C(Nc1ccncc1Br)C(F)(F)F. The highest BCUT2D eigenvalue weighted by Gasteiger charge is 2.38. The summed E-state index contributed by atoms with van der Waals surface area (Å²) < 4.78 is 35.8. The van der Waals surface area contributed by atoms with Gasteiger partial charge in [-0.05, 0) is 22.0 Å². The van der Waals surface area contributed by atoms with Crippen LogP contribution in [-0.2, 0) is 4.79 Å². The Morgan fingerprint density at radius 1 is 1.50 bits per heavy atom. The van der Waals surface area contributed by atoms with Gasteiger partial charge in [-0.15, -0.1) is 0 Å². The summed E-state index contributed by atoms with van der Waals surface area (Å²) in [5.41, 5.74) is 0.0299. The van der Waals surface area contributed by atoms with Crippen LogP contribution in [0.2, 0.25) is 0 Å². The van der Waals surface area contributed by atoms with Gasteiger partial charge in [0.1, 0.15) is 0 Å². The van der Waals surface area contributed by atoms with Crippen LogP contribution in [0.4, 0.5) is 18.9 Å². The van der Waals surface area contributed by atoms with Crippen LogP contribution in [0, 0.1) is 0 Å². The third-order valence-electron chi connectivity index (χ3n) is 1.28. The molecule has 0 spiro atoms. The summed E-state index contributed by atoms with van der Waals surface area (Å²) in [4.78, 5) is 14.1. The van der Waals surface area contributed by atoms with Gasteiger partial charge in [0.25, 0.3) is 0 Å². The normalized spacial score (nSPS) is 11.1. The summed E-state index contributed by atoms with van der Waals surface area (Å²) in [6.45, 7) is 0. The molecule has 1 aromatic rings. The van der Waals surface area contributed by atoms with Crippen LogP contribution in [-0.4, -0.2) is 17.1 Å². The number of aromatic nitrogens is 1. The molecule has 14 heavy (non-hydrogen) atoms. The second-order valence-electron chi connectivity index (χ2n) is 2.31. The van der Waals surface area contributed by atoms with Gasteiger partial charge in [0.15, 0.2) is 0 Å². The minimum Gasteiger partial charge on any atom is -0.317 e. The molecule has 1 N–H and O–H groups in total. The minimum absolute atomic E-state index is 0.0299. The summed E-state index contributed by atoms with van der Waals surface area (Å²) in [6, 6.07) is 1.26. The molecule has 0 bridgehead atoms. The largest absolute Gasteiger partial charge is 0.471 e. The summed E-state index contributed by atoms with van der Waals surface area (Å²) >= 11 is 2.95. The lowest BCUT2D eigenvalue weighted by molar-refractivity contribution is -0.167. The highest BCUT2D eigenvalue weighted by atomic mass is 79.9. The first-order valence-corrected chi connectivity index (χ1v) is 4.18. The molecule has 1 rings (SSSR count). The molecule has 1 heterocycles. The number of alkyl halides is 3. The van der Waals surface area contributed by atoms with Crippen molar-refractivity contribution in [2.24, 2.45) is 0 Å². The Bertz CT molecular complexity index is 353. The lowest BCUT2D eigenvalue weighted by Crippen LogP contribution is -2.30. The van der Waals surface area contributed by atoms with Crippen molar-refractivity contribution < 1.29 is 18.0 Å². The molecule has 0 atom stereocenters. The number of anilines is 1. The number of rotatable bonds is 1. The zero-order valence-electron chi connectivity index (χ0n) is 6.60. The molecule has 0 aliphatic rings. The Morgan fingerprint density at radius 2 is 2.14 bits per heavy atom. The first kappa shape index (κ1) is 11.0. The van der Waals surface area contributed by atoms with E-state index in [1.807, 2.05) is 0 Å². The van der Waals surface area contributed by atoms with Gasteiger partial charge in [0.05, 0.1) is 10.2 Å². The maximum atomic E-state index is 11.8. The molecule has 0 aliphatic carbocycles. The van der Waals surface area contributed by atoms with E-state index in [0.717, 1.165) is 0 Å². The average Bonchev–Trinajstić information content (AvgIpc) is 2.07. The summed E-state index contributed by atoms with van der Waals surface area (Å²) in [5.74, 6) is -2.01. The smallest absolute Gasteiger partial charge is 0.317 e. The van der Waals surface area contributed by atoms with Crippen LogP contribution in [0.5, 0.6) is 0 Å². The maximum absolute atomic E-state index is 11.8. The number of carbonyl (C=O) groups excluding carboxylic acids is 1. The van der Waals surface area contributed by atoms with Gasteiger partial charge in [-0.1, -0.05) is 0 Å². The Hall–Kier alpha value is -1.11. The van der Waals surface area contributed by atoms with E-state index in [0.29, 0.717) is 0 Å². The van der Waals surface area contributed by atoms with Gasteiger partial charge in [0.2, 0.25) is 0 Å². The molecule has 1 aromatic heterocycles. The number of pyridine rings is 1. The molecule has 76 valence electrons. The summed E-state index contributed by atoms with van der Waals surface area (Å²) in [5, 5.41) is 1.70. The van der Waals surface area contributed by atoms with E-state index in [1.165, 1.54) is 18.5 Å². The van der Waals surface area contributed by atoms with E-state index < -0.39 is 12.1 Å². The van der Waals surface area contributed by atoms with Crippen molar-refractivity contribution in [1.29, 1.82) is 0 Å². The maximum Gasteiger partial charge on any atom is 0.471 e. The Labute approximate surface area is 85.5 Å². The molecular weight excluding hydrogens is 265 g/mol. The first-order valence-electron chi connectivity index (χ1n) is 3.39. The van der Waals surface area contributed by atoms with Gasteiger partial charge < -0.3 is 5.32 Å². The number of hydrogen-bond donors (Lipinski definition) is 1. The predicted octanol–water partition coefficient (Wildman–Crippen LogP) is 2.34. The van der Waals surface area contributed by atoms with E-state index in [4.69, 9.17) is 0 Å². The van der Waals surface area contributed by atoms with Crippen molar-refractivity contribution in [3.63, 3.8) is 0 Å². The fourth-order valence-electron chi connectivity index (χ4n) is 0.670. The van der Waals surface area contributed by atoms with Gasteiger partial charge in [0, 0.05) is 12.4 Å². The average molecular weight is 269 g/mol. The minimum atomic E-state index is -4.89. The molecule has 0 aromatic carbocycles. The quantitative estimate of drug-likeness (QED) is 0.850. The molecule has 0 aliphatic heterocycles. The topological polar surface area (TPSA) is 42.0 Å². The lowest BCUT2D eigenvalue weighted by atomic mass is 10.4. The second-order valence-corrected chi connectivity index (χ2v) is 3.16. The van der Waals surface area contributed by atoms with Gasteiger partial charge in [-0.2, -0.15) is 13.2 Å². The Balaban J connectivity index is 2.80. The number of nitrogens with one attached hydrogen (secondary N) is 1. The molecule has 7 heteroatoms. The van der Waals surface area contributed by atoms with Crippen LogP contribution in [0.25, 0.3) is 0 Å². The number of carbonyl (C=O) groups is 1. The van der Waals surface area contributed by atoms with Gasteiger partial charge in [-0.3, -0.25) is 9.78 Å². The molecule has 0 saturated carbocycles. The zero-order valence-corrected chi connectivity index (χ0v) is 8.19. The zero-order chi connectivity index (χ0) is 10.8. The highest BCUT2D eigenvalue weighted by Crippen LogP contribution is 2.23. The van der Waals surface area contributed by atoms with Crippen molar-refractivity contribution in [1.82, 2.24) is 4.98 Å². The van der Waals surface area contributed by atoms with Crippen LogP contribution in [0.1, 0.15) is 0 Å². The van der Waals surface area contributed by atoms with Crippen LogP contribution in [0.15, 0.2) is 22.9 Å². The fourth-order valence-corrected chi connectivity index (χ4v) is 1.02. The summed E-state index contributed by atoms with van der Waals surface area (Å²) in [7, 11) is 0. The van der Waals surface area contributed by atoms with Gasteiger partial charge >= 0.3 is 12.1 Å². The summed E-state index contributed by atoms with van der Waals surface area (Å²) in [6.07, 6.45) is -2.33. The monoisotopic (exact) mass is 268 g/mol. The molecular formula is C7H4BrF3N2O. The standard InChI is InChI=1S/C7H4BrF3N2O/c8-4-3-12-2-1-5(4)13-6(14)7(9,10)11/h1-3H,(H,12,13,14). The fraction of sp³-hybridized carbons (Fsp3) is 0.143. The molecule has 0 saturated heterocycles. The molecule has 0 unspecified atom stereocenters. The van der Waals surface area contributed by atoms with Gasteiger partial charge in [-0.25, -0.2) is 0 Å². The lowest BCUT2D eigenvalue weighted by Gasteiger charge is -2.08. The van der Waals surface area contributed by atoms with Crippen LogP contribution >= 0.6 is 15.9 Å². The van der Waals surface area contributed by atoms with E-state index in [-0.39, 0.29) is 10.2 Å². The van der Waals surface area contributed by atoms with Crippen LogP contribution in [0.3, 0.4) is 0 Å². The second kappa shape index (κ2) is 3.95. The van der Waals surface area contributed by atoms with E-state index in [1.54, 1.807) is 5.32 Å². The van der Waals surface area contributed by atoms with E-state index in [2.05, 4.69) is 20.9 Å². The number of nitrogens with zero attached hydrogens (tertiary/aromatic N) is 1. The van der Waals surface area contributed by atoms with Crippen molar-refractivity contribution in [3.05, 3.63) is 22.9 Å². The molecule has 1 amide bonds. The van der Waals surface area contributed by atoms with Crippen LogP contribution < -0.4 is 5.32 Å². The number of halogens is 4. The molecule has 0 fully saturated rings. The third kappa shape index (κ3) is 2.69. The van der Waals surface area contributed by atoms with E-state index >= 15 is 0 Å². The molecule has 3 nitrogen and oxygen atoms in total. The van der Waals surface area contributed by atoms with Crippen molar-refractivity contribution in [2.75, 3.05) is 5.32 Å². The predicted molar refractivity (Wildman–Crippen MR) is 46.6 cm³/mol. The third-order valence-corrected chi connectivity index (χ3v) is 1.91. The molecule has 0 radical (unpaired) electrons. The van der Waals surface area contributed by atoms with E-state index in [9.17, 15) is 18.0 Å². The van der Waals surface area contributed by atoms with Crippen molar-refractivity contribution in [3.8, 4) is 0 Å². The van der Waals surface area contributed by atoms with Crippen molar-refractivity contribution in [2.45, 2.75) is 6.18 Å². The number of hydrogen-bond acceptors (Lipinski definition) is 2. The highest BCUT2D eigenvalue weighted by molar-refractivity contribution is 9.10.